The van der Waals surface area contributed by atoms with Crippen LogP contribution in [-0.4, -0.2) is 102 Å². The highest BCUT2D eigenvalue weighted by Crippen LogP contribution is 2.70. The van der Waals surface area contributed by atoms with Gasteiger partial charge >= 0.3 is 17.9 Å². The molecule has 0 aromatic heterocycles. The number of ketones is 2. The van der Waals surface area contributed by atoms with Crippen molar-refractivity contribution in [3.8, 4) is 0 Å². The molecule has 4 rings (SSSR count). The van der Waals surface area contributed by atoms with Gasteiger partial charge < -0.3 is 29.3 Å². The molecule has 4 aliphatic rings. The zero-order valence-electron chi connectivity index (χ0n) is 37.8. The molecular formula is C49H74FNO10. The molecule has 11 nitrogen and oxygen atoms in total. The van der Waals surface area contributed by atoms with Crippen LogP contribution in [0.5, 0.6) is 0 Å². The lowest BCUT2D eigenvalue weighted by Crippen LogP contribution is -2.69. The van der Waals surface area contributed by atoms with E-state index in [1.54, 1.807) is 26.8 Å². The largest absolute Gasteiger partial charge is 0.462 e. The number of rotatable bonds is 25. The number of carbonyl (C=O) groups excluding carboxylic acids is 5. The molecule has 2 N–H and O–H groups in total. The number of carbonyl (C=O) groups is 5. The molecule has 0 aromatic carbocycles. The van der Waals surface area contributed by atoms with E-state index in [4.69, 9.17) is 14.2 Å². The second-order valence-corrected chi connectivity index (χ2v) is 18.8. The summed E-state index contributed by atoms with van der Waals surface area (Å²) in [4.78, 5) is 65.7. The molecule has 0 aromatic rings. The second kappa shape index (κ2) is 22.7. The molecule has 61 heavy (non-hydrogen) atoms. The van der Waals surface area contributed by atoms with E-state index in [0.29, 0.717) is 37.8 Å². The highest BCUT2D eigenvalue weighted by molar-refractivity contribution is 6.01. The topological polar surface area (TPSA) is 157 Å². The fraction of sp³-hybridized carbons (Fsp3) is 0.735. The predicted molar refractivity (Wildman–Crippen MR) is 232 cm³/mol. The van der Waals surface area contributed by atoms with Crippen molar-refractivity contribution in [3.63, 3.8) is 0 Å². The number of Topliss-reactive ketones (excluding diaryl/α,β-unsaturated/α-hetero) is 1. The number of fused-ring (bicyclic) bond motifs is 5. The molecule has 3 saturated carbocycles. The lowest BCUT2D eigenvalue weighted by Gasteiger charge is -2.62. The molecule has 0 radical (unpaired) electrons. The van der Waals surface area contributed by atoms with E-state index < -0.39 is 76.4 Å². The number of aliphatic hydroxyl groups is 2. The third-order valence-electron chi connectivity index (χ3n) is 14.2. The number of ether oxygens (including phenoxy) is 3. The number of unbranched alkanes of at least 4 members (excludes halogenated alkanes) is 8. The van der Waals surface area contributed by atoms with Crippen LogP contribution in [-0.2, 0) is 38.2 Å². The zero-order valence-corrected chi connectivity index (χ0v) is 37.8. The number of halogens is 1. The van der Waals surface area contributed by atoms with Crippen LogP contribution in [0.15, 0.2) is 48.1 Å². The van der Waals surface area contributed by atoms with Crippen molar-refractivity contribution in [2.24, 2.45) is 28.6 Å². The fourth-order valence-electron chi connectivity index (χ4n) is 10.8. The molecule has 12 heteroatoms. The summed E-state index contributed by atoms with van der Waals surface area (Å²) >= 11 is 0. The molecule has 0 bridgehead atoms. The van der Waals surface area contributed by atoms with Gasteiger partial charge in [-0.2, -0.15) is 0 Å². The van der Waals surface area contributed by atoms with Gasteiger partial charge in [-0.25, -0.2) is 4.39 Å². The fourth-order valence-corrected chi connectivity index (χ4v) is 10.8. The van der Waals surface area contributed by atoms with E-state index in [0.717, 1.165) is 44.9 Å². The van der Waals surface area contributed by atoms with Gasteiger partial charge in [-0.05, 0) is 109 Å². The average Bonchev–Trinajstić information content (AvgIpc) is 3.41. The van der Waals surface area contributed by atoms with Gasteiger partial charge in [-0.15, -0.1) is 0 Å². The van der Waals surface area contributed by atoms with Gasteiger partial charge in [-0.1, -0.05) is 88.8 Å². The number of nitrogens with zero attached hydrogens (tertiary/aromatic N) is 1. The predicted octanol–water partition coefficient (Wildman–Crippen LogP) is 8.06. The lowest BCUT2D eigenvalue weighted by atomic mass is 9.44. The number of esters is 3. The summed E-state index contributed by atoms with van der Waals surface area (Å²) in [6.45, 7) is 6.78. The van der Waals surface area contributed by atoms with Gasteiger partial charge in [0.1, 0.15) is 18.3 Å². The number of hydrogen-bond donors (Lipinski definition) is 2. The first-order valence-corrected chi connectivity index (χ1v) is 23.0. The molecule has 342 valence electrons. The van der Waals surface area contributed by atoms with Crippen LogP contribution in [0.4, 0.5) is 4.39 Å². The van der Waals surface area contributed by atoms with Crippen LogP contribution in [0.2, 0.25) is 0 Å². The van der Waals surface area contributed by atoms with Crippen molar-refractivity contribution >= 4 is 29.5 Å². The van der Waals surface area contributed by atoms with Gasteiger partial charge in [0.25, 0.3) is 0 Å². The van der Waals surface area contributed by atoms with Crippen molar-refractivity contribution in [1.29, 1.82) is 0 Å². The highest BCUT2D eigenvalue weighted by Gasteiger charge is 2.75. The average molecular weight is 856 g/mol. The molecule has 0 aliphatic heterocycles. The number of aliphatic hydroxyl groups excluding tert-OH is 1. The standard InChI is InChI=1S/C49H74FNO10/c1-7-8-9-10-11-12-13-14-15-16-17-18-19-20-21-22-45(57)61-38(32-51(5)6)33-59-43(55)25-26-44(56)60-34-42(54)49(58)35(2)29-40-39-24-23-36-30-37(52)27-28-46(36,3)48(39,50)41(53)31-47(40,49)4/h11-12,14-15,27-28,30,35,38-41,53,58H,7-10,13,16-26,29,31-34H2,1-6H3/b12-11-,15-14-/t35-,38?,39+,40+,41+,46+,47+,48+,49+/m1/s1. The van der Waals surface area contributed by atoms with Crippen molar-refractivity contribution in [2.75, 3.05) is 33.9 Å². The molecular weight excluding hydrogens is 782 g/mol. The van der Waals surface area contributed by atoms with Crippen LogP contribution >= 0.6 is 0 Å². The third kappa shape index (κ3) is 12.0. The van der Waals surface area contributed by atoms with Crippen LogP contribution in [0, 0.1) is 28.6 Å². The van der Waals surface area contributed by atoms with Gasteiger partial charge in [-0.3, -0.25) is 24.0 Å². The molecule has 0 heterocycles. The van der Waals surface area contributed by atoms with Crippen LogP contribution in [0.3, 0.4) is 0 Å². The summed E-state index contributed by atoms with van der Waals surface area (Å²) in [5, 5.41) is 23.7. The van der Waals surface area contributed by atoms with Crippen LogP contribution in [0.25, 0.3) is 0 Å². The number of allylic oxidation sites excluding steroid dienone is 8. The van der Waals surface area contributed by atoms with Crippen LogP contribution in [0.1, 0.15) is 143 Å². The maximum Gasteiger partial charge on any atom is 0.306 e. The summed E-state index contributed by atoms with van der Waals surface area (Å²) in [5.74, 6) is -4.59. The Morgan fingerprint density at radius 3 is 2.21 bits per heavy atom. The second-order valence-electron chi connectivity index (χ2n) is 18.8. The van der Waals surface area contributed by atoms with Gasteiger partial charge in [0.05, 0.1) is 18.9 Å². The Balaban J connectivity index is 1.16. The van der Waals surface area contributed by atoms with Gasteiger partial charge in [0, 0.05) is 29.7 Å². The van der Waals surface area contributed by atoms with E-state index in [9.17, 15) is 34.2 Å². The quantitative estimate of drug-likeness (QED) is 0.0396. The van der Waals surface area contributed by atoms with E-state index in [1.807, 2.05) is 19.0 Å². The van der Waals surface area contributed by atoms with E-state index in [2.05, 4.69) is 31.2 Å². The monoisotopic (exact) mass is 856 g/mol. The Kier molecular flexibility index (Phi) is 18.7. The maximum atomic E-state index is 17.5. The van der Waals surface area contributed by atoms with E-state index >= 15 is 4.39 Å². The highest BCUT2D eigenvalue weighted by atomic mass is 19.1. The van der Waals surface area contributed by atoms with Gasteiger partial charge in [0.2, 0.25) is 5.78 Å². The van der Waals surface area contributed by atoms with Crippen LogP contribution < -0.4 is 0 Å². The van der Waals surface area contributed by atoms with Gasteiger partial charge in [0.15, 0.2) is 18.1 Å². The molecule has 0 amide bonds. The minimum Gasteiger partial charge on any atom is -0.462 e. The molecule has 4 aliphatic carbocycles. The van der Waals surface area contributed by atoms with E-state index in [-0.39, 0.29) is 44.0 Å². The molecule has 3 fully saturated rings. The zero-order chi connectivity index (χ0) is 44.8. The molecule has 9 atom stereocenters. The summed E-state index contributed by atoms with van der Waals surface area (Å²) < 4.78 is 33.7. The summed E-state index contributed by atoms with van der Waals surface area (Å²) in [6.07, 6.45) is 23.6. The number of hydrogen-bond acceptors (Lipinski definition) is 11. The third-order valence-corrected chi connectivity index (χ3v) is 14.2. The first-order valence-electron chi connectivity index (χ1n) is 23.0. The Morgan fingerprint density at radius 1 is 0.902 bits per heavy atom. The minimum atomic E-state index is -2.11. The van der Waals surface area contributed by atoms with E-state index in [1.165, 1.54) is 31.4 Å². The summed E-state index contributed by atoms with van der Waals surface area (Å²) in [6, 6.07) is 0. The van der Waals surface area contributed by atoms with Crippen molar-refractivity contribution in [3.05, 3.63) is 48.1 Å². The molecule has 1 unspecified atom stereocenters. The molecule has 0 spiro atoms. The Morgan fingerprint density at radius 2 is 1.54 bits per heavy atom. The van der Waals surface area contributed by atoms with Crippen molar-refractivity contribution < 1.29 is 52.8 Å². The molecule has 0 saturated heterocycles. The first kappa shape index (κ1) is 50.2. The Labute approximate surface area is 363 Å². The number of likely N-dealkylation sites (N-methyl/N-ethyl adjacent to an activating group) is 1. The Bertz CT molecular complexity index is 1650. The summed E-state index contributed by atoms with van der Waals surface area (Å²) in [7, 11) is 3.63. The summed E-state index contributed by atoms with van der Waals surface area (Å²) in [5.41, 5.74) is -5.88. The van der Waals surface area contributed by atoms with Crippen molar-refractivity contribution in [2.45, 2.75) is 167 Å². The smallest absolute Gasteiger partial charge is 0.306 e. The first-order chi connectivity index (χ1) is 28.9. The minimum absolute atomic E-state index is 0.179. The van der Waals surface area contributed by atoms with Crippen molar-refractivity contribution in [1.82, 2.24) is 4.90 Å². The number of alkyl halides is 1. The maximum absolute atomic E-state index is 17.5. The normalized spacial score (nSPS) is 31.1. The lowest BCUT2D eigenvalue weighted by molar-refractivity contribution is -0.220. The SMILES string of the molecule is CCCCC/C=C\C/C=C\CCCCCCCC(=O)OC(COC(=O)CCC(=O)OCC(=O)[C@@]1(O)[C@H](C)C[C@H]2[C@@H]3CCC4=CC(=O)C=C[C@]4(C)[C@@]3(F)[C@@H](O)C[C@@]21C)CN(C)C. The Hall–Kier alpha value is -3.48.